The zero-order valence-electron chi connectivity index (χ0n) is 7.90. The summed E-state index contributed by atoms with van der Waals surface area (Å²) < 4.78 is 0. The first-order valence-corrected chi connectivity index (χ1v) is 4.44. The van der Waals surface area contributed by atoms with Crippen LogP contribution in [0.1, 0.15) is 19.3 Å². The Balaban J connectivity index is 3.21. The molecule has 6 nitrogen and oxygen atoms in total. The molecule has 0 aromatic heterocycles. The summed E-state index contributed by atoms with van der Waals surface area (Å²) in [5.74, 6) is -1.58. The molecule has 1 amide bonds. The van der Waals surface area contributed by atoms with Gasteiger partial charge < -0.3 is 21.3 Å². The molecule has 0 heterocycles. The summed E-state index contributed by atoms with van der Waals surface area (Å²) in [5.41, 5.74) is 4.81. The van der Waals surface area contributed by atoms with E-state index in [-0.39, 0.29) is 13.0 Å². The number of carbonyl (C=O) groups is 2. The largest absolute Gasteiger partial charge is 0.481 e. The molecule has 0 spiro atoms. The van der Waals surface area contributed by atoms with Gasteiger partial charge in [-0.2, -0.15) is 0 Å². The van der Waals surface area contributed by atoms with E-state index in [2.05, 4.69) is 5.32 Å². The topological polar surface area (TPSA) is 113 Å². The highest BCUT2D eigenvalue weighted by Crippen LogP contribution is 1.93. The van der Waals surface area contributed by atoms with E-state index >= 15 is 0 Å². The van der Waals surface area contributed by atoms with Crippen molar-refractivity contribution in [3.8, 4) is 0 Å². The van der Waals surface area contributed by atoms with Crippen LogP contribution in [0.15, 0.2) is 0 Å². The lowest BCUT2D eigenvalue weighted by atomic mass is 10.2. The standard InChI is InChI=1S/C8H16N2O4/c9-8(14)6(11)5-10-4-2-1-3-7(12)13/h6,10-11H,1-5H2,(H2,9,14)(H,12,13). The molecule has 6 heteroatoms. The molecule has 1 atom stereocenters. The van der Waals surface area contributed by atoms with Crippen molar-refractivity contribution in [2.24, 2.45) is 5.73 Å². The van der Waals surface area contributed by atoms with Crippen LogP contribution in [0.2, 0.25) is 0 Å². The average Bonchev–Trinajstić information content (AvgIpc) is 2.09. The minimum atomic E-state index is -1.17. The van der Waals surface area contributed by atoms with Gasteiger partial charge in [0.25, 0.3) is 0 Å². The lowest BCUT2D eigenvalue weighted by Crippen LogP contribution is -2.37. The van der Waals surface area contributed by atoms with Crippen molar-refractivity contribution in [1.82, 2.24) is 5.32 Å². The minimum Gasteiger partial charge on any atom is -0.481 e. The van der Waals surface area contributed by atoms with Gasteiger partial charge in [-0.25, -0.2) is 0 Å². The molecule has 0 aromatic carbocycles. The van der Waals surface area contributed by atoms with Gasteiger partial charge in [-0.1, -0.05) is 0 Å². The van der Waals surface area contributed by atoms with Crippen molar-refractivity contribution in [3.05, 3.63) is 0 Å². The third kappa shape index (κ3) is 7.51. The maximum Gasteiger partial charge on any atom is 0.303 e. The van der Waals surface area contributed by atoms with Crippen LogP contribution in [-0.4, -0.2) is 41.3 Å². The predicted molar refractivity (Wildman–Crippen MR) is 49.6 cm³/mol. The highest BCUT2D eigenvalue weighted by atomic mass is 16.4. The smallest absolute Gasteiger partial charge is 0.303 e. The van der Waals surface area contributed by atoms with E-state index in [0.717, 1.165) is 0 Å². The summed E-state index contributed by atoms with van der Waals surface area (Å²) in [5, 5.41) is 20.0. The fourth-order valence-electron chi connectivity index (χ4n) is 0.866. The molecule has 0 rings (SSSR count). The molecule has 0 aromatic rings. The number of amides is 1. The van der Waals surface area contributed by atoms with Crippen LogP contribution in [0.5, 0.6) is 0 Å². The third-order valence-electron chi connectivity index (χ3n) is 1.66. The Morgan fingerprint density at radius 1 is 1.36 bits per heavy atom. The summed E-state index contributed by atoms with van der Waals surface area (Å²) in [7, 11) is 0. The molecular weight excluding hydrogens is 188 g/mol. The minimum absolute atomic E-state index is 0.113. The number of nitrogens with two attached hydrogens (primary N) is 1. The van der Waals surface area contributed by atoms with Crippen molar-refractivity contribution in [2.45, 2.75) is 25.4 Å². The number of aliphatic hydroxyl groups excluding tert-OH is 1. The van der Waals surface area contributed by atoms with Gasteiger partial charge in [-0.05, 0) is 19.4 Å². The lowest BCUT2D eigenvalue weighted by Gasteiger charge is -2.07. The number of nitrogens with one attached hydrogen (secondary N) is 1. The zero-order chi connectivity index (χ0) is 11.0. The molecule has 14 heavy (non-hydrogen) atoms. The number of primary amides is 1. The SMILES string of the molecule is NC(=O)C(O)CNCCCCC(=O)O. The Morgan fingerprint density at radius 3 is 2.50 bits per heavy atom. The third-order valence-corrected chi connectivity index (χ3v) is 1.66. The first-order chi connectivity index (χ1) is 6.54. The van der Waals surface area contributed by atoms with Gasteiger partial charge in [0, 0.05) is 13.0 Å². The maximum absolute atomic E-state index is 10.4. The second-order valence-corrected chi connectivity index (χ2v) is 2.97. The highest BCUT2D eigenvalue weighted by Gasteiger charge is 2.08. The van der Waals surface area contributed by atoms with Crippen LogP contribution in [0.3, 0.4) is 0 Å². The van der Waals surface area contributed by atoms with Crippen LogP contribution in [0.4, 0.5) is 0 Å². The molecule has 0 aliphatic heterocycles. The molecule has 0 aliphatic carbocycles. The number of hydrogen-bond acceptors (Lipinski definition) is 4. The van der Waals surface area contributed by atoms with Crippen molar-refractivity contribution in [3.63, 3.8) is 0 Å². The second-order valence-electron chi connectivity index (χ2n) is 2.97. The number of carbonyl (C=O) groups excluding carboxylic acids is 1. The fourth-order valence-corrected chi connectivity index (χ4v) is 0.866. The van der Waals surface area contributed by atoms with Crippen LogP contribution < -0.4 is 11.1 Å². The van der Waals surface area contributed by atoms with Crippen molar-refractivity contribution in [1.29, 1.82) is 0 Å². The maximum atomic E-state index is 10.4. The summed E-state index contributed by atoms with van der Waals surface area (Å²) in [6.45, 7) is 0.681. The van der Waals surface area contributed by atoms with Gasteiger partial charge in [0.1, 0.15) is 6.10 Å². The van der Waals surface area contributed by atoms with E-state index in [1.165, 1.54) is 0 Å². The predicted octanol–water partition coefficient (Wildman–Crippen LogP) is -1.32. The van der Waals surface area contributed by atoms with Crippen LogP contribution in [0, 0.1) is 0 Å². The fraction of sp³-hybridized carbons (Fsp3) is 0.750. The number of aliphatic hydroxyl groups is 1. The van der Waals surface area contributed by atoms with Crippen molar-refractivity contribution < 1.29 is 19.8 Å². The highest BCUT2D eigenvalue weighted by molar-refractivity contribution is 5.78. The van der Waals surface area contributed by atoms with E-state index in [1.54, 1.807) is 0 Å². The van der Waals surface area contributed by atoms with Crippen LogP contribution in [-0.2, 0) is 9.59 Å². The number of rotatable bonds is 8. The van der Waals surface area contributed by atoms with Crippen molar-refractivity contribution in [2.75, 3.05) is 13.1 Å². The van der Waals surface area contributed by atoms with Crippen molar-refractivity contribution >= 4 is 11.9 Å². The summed E-state index contributed by atoms with van der Waals surface area (Å²) in [4.78, 5) is 20.5. The van der Waals surface area contributed by atoms with E-state index < -0.39 is 18.0 Å². The van der Waals surface area contributed by atoms with Gasteiger partial charge in [0.15, 0.2) is 0 Å². The van der Waals surface area contributed by atoms with Gasteiger partial charge in [-0.15, -0.1) is 0 Å². The zero-order valence-corrected chi connectivity index (χ0v) is 7.90. The Kier molecular flexibility index (Phi) is 6.69. The Hall–Kier alpha value is -1.14. The van der Waals surface area contributed by atoms with E-state index in [0.29, 0.717) is 19.4 Å². The molecule has 0 saturated carbocycles. The molecular formula is C8H16N2O4. The van der Waals surface area contributed by atoms with Crippen LogP contribution in [0.25, 0.3) is 0 Å². The van der Waals surface area contributed by atoms with Crippen LogP contribution >= 0.6 is 0 Å². The molecule has 82 valence electrons. The Labute approximate surface area is 82.1 Å². The number of carboxylic acid groups (broad SMARTS) is 1. The first-order valence-electron chi connectivity index (χ1n) is 4.44. The summed E-state index contributed by atoms with van der Waals surface area (Å²) in [6, 6.07) is 0. The van der Waals surface area contributed by atoms with E-state index in [1.807, 2.05) is 0 Å². The average molecular weight is 204 g/mol. The molecule has 1 unspecified atom stereocenters. The number of carboxylic acids is 1. The normalized spacial score (nSPS) is 12.4. The molecule has 0 bridgehead atoms. The Bertz CT molecular complexity index is 196. The first kappa shape index (κ1) is 12.9. The van der Waals surface area contributed by atoms with Gasteiger partial charge in [0.05, 0.1) is 0 Å². The quantitative estimate of drug-likeness (QED) is 0.366. The lowest BCUT2D eigenvalue weighted by molar-refractivity contribution is -0.137. The molecule has 0 aliphatic rings. The van der Waals surface area contributed by atoms with E-state index in [4.69, 9.17) is 15.9 Å². The van der Waals surface area contributed by atoms with Gasteiger partial charge in [0.2, 0.25) is 5.91 Å². The molecule has 0 radical (unpaired) electrons. The molecule has 0 saturated heterocycles. The monoisotopic (exact) mass is 204 g/mol. The van der Waals surface area contributed by atoms with Gasteiger partial charge >= 0.3 is 5.97 Å². The summed E-state index contributed by atoms with van der Waals surface area (Å²) >= 11 is 0. The number of unbranched alkanes of at least 4 members (excludes halogenated alkanes) is 1. The van der Waals surface area contributed by atoms with Gasteiger partial charge in [-0.3, -0.25) is 9.59 Å². The molecule has 0 fully saturated rings. The molecule has 5 N–H and O–H groups in total. The van der Waals surface area contributed by atoms with E-state index in [9.17, 15) is 9.59 Å². The Morgan fingerprint density at radius 2 is 2.00 bits per heavy atom. The summed E-state index contributed by atoms with van der Waals surface area (Å²) in [6.07, 6.45) is 0.238. The number of hydrogen-bond donors (Lipinski definition) is 4. The number of aliphatic carboxylic acids is 1. The second kappa shape index (κ2) is 7.28.